The number of carbonyl (C=O) groups is 1. The minimum atomic E-state index is -0.361. The third-order valence-corrected chi connectivity index (χ3v) is 5.47. The van der Waals surface area contributed by atoms with Gasteiger partial charge in [-0.25, -0.2) is 4.98 Å². The summed E-state index contributed by atoms with van der Waals surface area (Å²) in [5.74, 6) is 0.442. The number of carbonyl (C=O) groups excluding carboxylic acids is 1. The Balaban J connectivity index is 1.55. The van der Waals surface area contributed by atoms with E-state index in [-0.39, 0.29) is 18.4 Å². The van der Waals surface area contributed by atoms with Crippen LogP contribution < -0.4 is 16.4 Å². The Hall–Kier alpha value is -2.96. The number of anilines is 2. The molecule has 6 heteroatoms. The van der Waals surface area contributed by atoms with Crippen LogP contribution in [0.15, 0.2) is 66.3 Å². The minimum Gasteiger partial charge on any atom is -0.347 e. The molecule has 0 radical (unpaired) electrons. The highest BCUT2D eigenvalue weighted by atomic mass is 32.1. The molecule has 0 spiro atoms. The highest BCUT2D eigenvalue weighted by Gasteiger charge is 2.20. The number of hydrogen-bond acceptors (Lipinski definition) is 5. The number of nitrogens with one attached hydrogen (secondary N) is 2. The molecule has 3 aromatic rings. The molecule has 0 bridgehead atoms. The fourth-order valence-corrected chi connectivity index (χ4v) is 4.04. The zero-order valence-corrected chi connectivity index (χ0v) is 15.5. The zero-order valence-electron chi connectivity index (χ0n) is 14.7. The predicted octanol–water partition coefficient (Wildman–Crippen LogP) is 3.97. The van der Waals surface area contributed by atoms with Crippen LogP contribution in [-0.2, 0) is 11.2 Å². The smallest absolute Gasteiger partial charge is 0.233 e. The number of aromatic nitrogens is 1. The number of hydrogen-bond donors (Lipinski definition) is 3. The van der Waals surface area contributed by atoms with E-state index in [1.54, 1.807) is 6.20 Å². The monoisotopic (exact) mass is 376 g/mol. The lowest BCUT2D eigenvalue weighted by molar-refractivity contribution is -0.117. The van der Waals surface area contributed by atoms with Crippen molar-refractivity contribution in [1.82, 2.24) is 4.98 Å². The summed E-state index contributed by atoms with van der Waals surface area (Å²) in [4.78, 5) is 17.1. The predicted molar refractivity (Wildman–Crippen MR) is 111 cm³/mol. The largest absolute Gasteiger partial charge is 0.347 e. The molecule has 1 aliphatic rings. The molecule has 4 N–H and O–H groups in total. The van der Waals surface area contributed by atoms with E-state index in [9.17, 15) is 4.79 Å². The second kappa shape index (κ2) is 7.73. The van der Waals surface area contributed by atoms with Gasteiger partial charge in [-0.1, -0.05) is 36.4 Å². The Kier molecular flexibility index (Phi) is 5.00. The molecule has 1 aliphatic heterocycles. The van der Waals surface area contributed by atoms with Crippen LogP contribution >= 0.6 is 11.3 Å². The third-order valence-electron chi connectivity index (χ3n) is 4.63. The van der Waals surface area contributed by atoms with Gasteiger partial charge in [0.1, 0.15) is 5.82 Å². The molecule has 27 heavy (non-hydrogen) atoms. The lowest BCUT2D eigenvalue weighted by atomic mass is 9.98. The number of rotatable bonds is 5. The number of benzene rings is 1. The van der Waals surface area contributed by atoms with Gasteiger partial charge in [-0.15, -0.1) is 11.3 Å². The molecule has 0 saturated heterocycles. The van der Waals surface area contributed by atoms with Gasteiger partial charge in [0.05, 0.1) is 10.9 Å². The molecule has 136 valence electrons. The van der Waals surface area contributed by atoms with Gasteiger partial charge in [0.15, 0.2) is 0 Å². The van der Waals surface area contributed by atoms with Gasteiger partial charge in [0.2, 0.25) is 5.91 Å². The van der Waals surface area contributed by atoms with Crippen molar-refractivity contribution >= 4 is 28.1 Å². The first-order chi connectivity index (χ1) is 13.3. The van der Waals surface area contributed by atoms with Crippen LogP contribution in [0.3, 0.4) is 0 Å². The fraction of sp³-hybridized carbons (Fsp3) is 0.143. The minimum absolute atomic E-state index is 0.0848. The second-order valence-electron chi connectivity index (χ2n) is 6.32. The van der Waals surface area contributed by atoms with Crippen molar-refractivity contribution in [1.29, 1.82) is 0 Å². The topological polar surface area (TPSA) is 80.0 Å². The van der Waals surface area contributed by atoms with Crippen molar-refractivity contribution < 1.29 is 4.79 Å². The van der Waals surface area contributed by atoms with E-state index >= 15 is 0 Å². The number of nitrogens with zero attached hydrogens (tertiary/aromatic N) is 1. The van der Waals surface area contributed by atoms with Gasteiger partial charge >= 0.3 is 0 Å². The van der Waals surface area contributed by atoms with Crippen LogP contribution in [0.5, 0.6) is 0 Å². The average molecular weight is 376 g/mol. The number of pyridine rings is 1. The highest BCUT2D eigenvalue weighted by Crippen LogP contribution is 2.35. The lowest BCUT2D eigenvalue weighted by Crippen LogP contribution is -2.27. The van der Waals surface area contributed by atoms with Crippen molar-refractivity contribution in [3.8, 4) is 11.1 Å². The summed E-state index contributed by atoms with van der Waals surface area (Å²) in [6.07, 6.45) is 6.63. The normalized spacial score (nSPS) is 13.5. The first kappa shape index (κ1) is 17.5. The van der Waals surface area contributed by atoms with Crippen LogP contribution in [-0.4, -0.2) is 17.4 Å². The molecule has 4 rings (SSSR count). The van der Waals surface area contributed by atoms with Crippen LogP contribution in [0, 0.1) is 0 Å². The fourth-order valence-electron chi connectivity index (χ4n) is 3.24. The Morgan fingerprint density at radius 2 is 2.15 bits per heavy atom. The molecule has 2 aromatic heterocycles. The van der Waals surface area contributed by atoms with E-state index in [2.05, 4.69) is 27.1 Å². The average Bonchev–Trinajstić information content (AvgIpc) is 3.17. The van der Waals surface area contributed by atoms with Crippen molar-refractivity contribution in [3.63, 3.8) is 0 Å². The van der Waals surface area contributed by atoms with Crippen molar-refractivity contribution in [3.05, 3.63) is 77.4 Å². The van der Waals surface area contributed by atoms with Gasteiger partial charge in [-0.2, -0.15) is 0 Å². The summed E-state index contributed by atoms with van der Waals surface area (Å²) in [6, 6.07) is 13.7. The van der Waals surface area contributed by atoms with Crippen molar-refractivity contribution in [2.75, 3.05) is 17.2 Å². The molecule has 1 atom stereocenters. The van der Waals surface area contributed by atoms with E-state index in [0.29, 0.717) is 0 Å². The summed E-state index contributed by atoms with van der Waals surface area (Å²) in [7, 11) is 0. The lowest BCUT2D eigenvalue weighted by Gasteiger charge is -2.15. The number of fused-ring (bicyclic) bond motifs is 1. The van der Waals surface area contributed by atoms with E-state index < -0.39 is 0 Å². The Bertz CT molecular complexity index is 981. The van der Waals surface area contributed by atoms with E-state index in [0.717, 1.165) is 33.9 Å². The maximum atomic E-state index is 12.7. The van der Waals surface area contributed by atoms with E-state index in [4.69, 9.17) is 5.73 Å². The third kappa shape index (κ3) is 3.63. The number of allylic oxidation sites excluding steroid dienone is 1. The van der Waals surface area contributed by atoms with Gasteiger partial charge < -0.3 is 16.4 Å². The Morgan fingerprint density at radius 3 is 2.96 bits per heavy atom. The van der Waals surface area contributed by atoms with Crippen LogP contribution in [0.2, 0.25) is 0 Å². The first-order valence-electron chi connectivity index (χ1n) is 8.80. The molecule has 0 fully saturated rings. The molecular formula is C21H20N4OS. The van der Waals surface area contributed by atoms with E-state index in [1.165, 1.54) is 16.9 Å². The summed E-state index contributed by atoms with van der Waals surface area (Å²) < 4.78 is 0. The Morgan fingerprint density at radius 1 is 1.30 bits per heavy atom. The van der Waals surface area contributed by atoms with Gasteiger partial charge in [0.25, 0.3) is 0 Å². The second-order valence-corrected chi connectivity index (χ2v) is 7.24. The summed E-state index contributed by atoms with van der Waals surface area (Å²) in [5, 5.41) is 9.07. The molecule has 0 aliphatic carbocycles. The number of thiophene rings is 1. The summed E-state index contributed by atoms with van der Waals surface area (Å²) in [6.45, 7) is 0.268. The first-order valence-corrected chi connectivity index (χ1v) is 9.68. The van der Waals surface area contributed by atoms with Crippen LogP contribution in [0.1, 0.15) is 17.0 Å². The molecule has 1 unspecified atom stereocenters. The van der Waals surface area contributed by atoms with Crippen molar-refractivity contribution in [2.45, 2.75) is 12.3 Å². The molecule has 1 amide bonds. The number of amides is 1. The van der Waals surface area contributed by atoms with Gasteiger partial charge in [-0.05, 0) is 41.4 Å². The Labute approximate surface area is 162 Å². The molecule has 3 heterocycles. The molecule has 1 aromatic carbocycles. The quantitative estimate of drug-likeness (QED) is 0.629. The highest BCUT2D eigenvalue weighted by molar-refractivity contribution is 7.14. The van der Waals surface area contributed by atoms with Crippen LogP contribution in [0.4, 0.5) is 10.8 Å². The molecule has 0 saturated carbocycles. The molecular weight excluding hydrogens is 356 g/mol. The maximum absolute atomic E-state index is 12.7. The SMILES string of the molecule is NCC(C(=O)Nc1cc(-c2ccnc3c2CC=CN3)cs1)c1ccccc1. The summed E-state index contributed by atoms with van der Waals surface area (Å²) in [5.41, 5.74) is 10.2. The standard InChI is InChI=1S/C21H20N4OS/c22-12-18(14-5-2-1-3-6-14)21(26)25-19-11-15(13-27-19)16-8-10-24-20-17(16)7-4-9-23-20/h1-6,8-11,13,18H,7,12,22H2,(H,23,24)(H,25,26). The number of nitrogens with two attached hydrogens (primary N) is 1. The van der Waals surface area contributed by atoms with Gasteiger partial charge in [0, 0.05) is 23.7 Å². The van der Waals surface area contributed by atoms with Gasteiger partial charge in [-0.3, -0.25) is 4.79 Å². The zero-order chi connectivity index (χ0) is 18.6. The van der Waals surface area contributed by atoms with Crippen molar-refractivity contribution in [2.24, 2.45) is 5.73 Å². The van der Waals surface area contributed by atoms with E-state index in [1.807, 2.05) is 48.7 Å². The summed E-state index contributed by atoms with van der Waals surface area (Å²) >= 11 is 1.51. The maximum Gasteiger partial charge on any atom is 0.233 e. The molecule has 5 nitrogen and oxygen atoms in total. The van der Waals surface area contributed by atoms with Crippen LogP contribution in [0.25, 0.3) is 11.1 Å².